The second kappa shape index (κ2) is 13.1. The summed E-state index contributed by atoms with van der Waals surface area (Å²) < 4.78 is 0. The quantitative estimate of drug-likeness (QED) is 0.279. The molecule has 1 saturated heterocycles. The number of likely N-dealkylation sites (tertiary alicyclic amines) is 1. The van der Waals surface area contributed by atoms with Crippen LogP contribution in [0, 0.1) is 11.8 Å². The van der Waals surface area contributed by atoms with Crippen LogP contribution < -0.4 is 10.2 Å². The number of H-pyrrole nitrogens is 1. The number of aromatic amines is 1. The molecule has 2 aromatic heterocycles. The molecule has 0 saturated carbocycles. The molecule has 1 fully saturated rings. The SMILES string of the molecule is CN(C)CC1Cc2cc(Cl)ccc2N(C(=O)[C@@H](Cc2c[nH]c3ccccc23)NC(=O)C2CCN(C(=O)c3cccs3)CC2)C1. The number of para-hydroxylation sites is 1. The van der Waals surface area contributed by atoms with E-state index in [1.807, 2.05) is 90.1 Å². The van der Waals surface area contributed by atoms with Crippen LogP contribution in [-0.4, -0.2) is 78.8 Å². The third-order valence-electron chi connectivity index (χ3n) is 8.77. The summed E-state index contributed by atoms with van der Waals surface area (Å²) in [5.41, 5.74) is 3.87. The second-order valence-electron chi connectivity index (χ2n) is 12.2. The number of hydrogen-bond acceptors (Lipinski definition) is 5. The maximum atomic E-state index is 14.5. The van der Waals surface area contributed by atoms with E-state index in [9.17, 15) is 14.4 Å². The third-order valence-corrected chi connectivity index (χ3v) is 9.86. The maximum Gasteiger partial charge on any atom is 0.263 e. The number of halogens is 1. The van der Waals surface area contributed by atoms with E-state index in [1.54, 1.807) is 0 Å². The van der Waals surface area contributed by atoms with Gasteiger partial charge in [0.25, 0.3) is 5.91 Å². The van der Waals surface area contributed by atoms with E-state index in [4.69, 9.17) is 11.6 Å². The summed E-state index contributed by atoms with van der Waals surface area (Å²) in [6.07, 6.45) is 4.26. The molecule has 4 heterocycles. The molecule has 0 aliphatic carbocycles. The Kier molecular flexibility index (Phi) is 9.07. The van der Waals surface area contributed by atoms with E-state index in [0.29, 0.717) is 48.8 Å². The van der Waals surface area contributed by atoms with Gasteiger partial charge in [0.15, 0.2) is 0 Å². The van der Waals surface area contributed by atoms with Crippen molar-refractivity contribution in [3.63, 3.8) is 0 Å². The minimum Gasteiger partial charge on any atom is -0.361 e. The molecule has 8 nitrogen and oxygen atoms in total. The van der Waals surface area contributed by atoms with Crippen LogP contribution in [0.25, 0.3) is 10.9 Å². The van der Waals surface area contributed by atoms with E-state index >= 15 is 0 Å². The van der Waals surface area contributed by atoms with E-state index in [2.05, 4.69) is 15.2 Å². The number of thiophene rings is 1. The van der Waals surface area contributed by atoms with Crippen molar-refractivity contribution in [1.82, 2.24) is 20.1 Å². The van der Waals surface area contributed by atoms with Crippen LogP contribution in [0.1, 0.15) is 33.6 Å². The average molecular weight is 632 g/mol. The minimum absolute atomic E-state index is 0.0161. The summed E-state index contributed by atoms with van der Waals surface area (Å²) in [4.78, 5) is 51.0. The predicted octanol–water partition coefficient (Wildman–Crippen LogP) is 5.23. The zero-order chi connectivity index (χ0) is 30.8. The van der Waals surface area contributed by atoms with E-state index in [0.717, 1.165) is 40.7 Å². The number of carbonyl (C=O) groups is 3. The number of piperidine rings is 1. The molecule has 2 aliphatic heterocycles. The van der Waals surface area contributed by atoms with Crippen LogP contribution in [0.2, 0.25) is 5.02 Å². The number of nitrogens with zero attached hydrogens (tertiary/aromatic N) is 3. The Labute approximate surface area is 267 Å². The number of amides is 3. The van der Waals surface area contributed by atoms with Gasteiger partial charge in [0.05, 0.1) is 4.88 Å². The first kappa shape index (κ1) is 30.4. The molecule has 3 amide bonds. The van der Waals surface area contributed by atoms with Crippen molar-refractivity contribution >= 4 is 57.2 Å². The molecule has 10 heteroatoms. The van der Waals surface area contributed by atoms with Crippen LogP contribution in [0.15, 0.2) is 66.2 Å². The van der Waals surface area contributed by atoms with Crippen LogP contribution >= 0.6 is 22.9 Å². The summed E-state index contributed by atoms with van der Waals surface area (Å²) in [7, 11) is 4.08. The first-order valence-corrected chi connectivity index (χ1v) is 16.4. The highest BCUT2D eigenvalue weighted by Crippen LogP contribution is 2.33. The highest BCUT2D eigenvalue weighted by Gasteiger charge is 2.36. The van der Waals surface area contributed by atoms with Crippen molar-refractivity contribution in [2.45, 2.75) is 31.7 Å². The fourth-order valence-electron chi connectivity index (χ4n) is 6.66. The van der Waals surface area contributed by atoms with Gasteiger partial charge < -0.3 is 25.0 Å². The van der Waals surface area contributed by atoms with Crippen molar-refractivity contribution in [2.75, 3.05) is 45.2 Å². The normalized spacial score (nSPS) is 18.0. The predicted molar refractivity (Wildman–Crippen MR) is 176 cm³/mol. The zero-order valence-electron chi connectivity index (χ0n) is 25.1. The van der Waals surface area contributed by atoms with E-state index in [-0.39, 0.29) is 29.6 Å². The van der Waals surface area contributed by atoms with Gasteiger partial charge in [0.2, 0.25) is 11.8 Å². The number of nitrogens with one attached hydrogen (secondary N) is 2. The number of benzene rings is 2. The molecule has 230 valence electrons. The largest absolute Gasteiger partial charge is 0.361 e. The number of carbonyl (C=O) groups excluding carboxylic acids is 3. The number of hydrogen-bond donors (Lipinski definition) is 2. The number of fused-ring (bicyclic) bond motifs is 2. The lowest BCUT2D eigenvalue weighted by molar-refractivity contribution is -0.131. The van der Waals surface area contributed by atoms with Crippen molar-refractivity contribution in [3.8, 4) is 0 Å². The smallest absolute Gasteiger partial charge is 0.263 e. The summed E-state index contributed by atoms with van der Waals surface area (Å²) in [6, 6.07) is 16.7. The fourth-order valence-corrected chi connectivity index (χ4v) is 7.54. The fraction of sp³-hybridized carbons (Fsp3) is 0.382. The van der Waals surface area contributed by atoms with Gasteiger partial charge in [-0.3, -0.25) is 14.4 Å². The Morgan fingerprint density at radius 2 is 1.89 bits per heavy atom. The first-order valence-electron chi connectivity index (χ1n) is 15.2. The number of aromatic nitrogens is 1. The molecule has 1 unspecified atom stereocenters. The van der Waals surface area contributed by atoms with Crippen LogP contribution in [-0.2, 0) is 22.4 Å². The Morgan fingerprint density at radius 3 is 2.64 bits per heavy atom. The van der Waals surface area contributed by atoms with Crippen LogP contribution in [0.4, 0.5) is 5.69 Å². The first-order chi connectivity index (χ1) is 21.3. The van der Waals surface area contributed by atoms with Gasteiger partial charge in [0, 0.05) is 66.3 Å². The van der Waals surface area contributed by atoms with Gasteiger partial charge in [-0.1, -0.05) is 35.9 Å². The second-order valence-corrected chi connectivity index (χ2v) is 13.6. The Morgan fingerprint density at radius 1 is 1.09 bits per heavy atom. The van der Waals surface area contributed by atoms with E-state index < -0.39 is 6.04 Å². The molecular formula is C34H38ClN5O3S. The van der Waals surface area contributed by atoms with Gasteiger partial charge in [0.1, 0.15) is 6.04 Å². The van der Waals surface area contributed by atoms with Gasteiger partial charge in [-0.05, 0) is 86.1 Å². The van der Waals surface area contributed by atoms with Crippen molar-refractivity contribution in [3.05, 3.63) is 87.2 Å². The molecule has 2 aliphatic rings. The maximum absolute atomic E-state index is 14.5. The monoisotopic (exact) mass is 631 g/mol. The minimum atomic E-state index is -0.755. The third kappa shape index (κ3) is 6.55. The molecule has 0 radical (unpaired) electrons. The van der Waals surface area contributed by atoms with Crippen LogP contribution in [0.5, 0.6) is 0 Å². The summed E-state index contributed by atoms with van der Waals surface area (Å²) >= 11 is 7.82. The van der Waals surface area contributed by atoms with Crippen molar-refractivity contribution in [1.29, 1.82) is 0 Å². The topological polar surface area (TPSA) is 88.8 Å². The molecule has 0 spiro atoms. The summed E-state index contributed by atoms with van der Waals surface area (Å²) in [6.45, 7) is 2.43. The Balaban J connectivity index is 1.24. The van der Waals surface area contributed by atoms with Gasteiger partial charge in [-0.25, -0.2) is 0 Å². The number of anilines is 1. The standard InChI is InChI=1S/C34H38ClN5O3S/c1-38(2)20-22-16-24-17-26(35)9-10-30(24)40(21-22)33(42)29(18-25-19-36-28-7-4-3-6-27(25)28)37-32(41)23-11-13-39(14-12-23)34(43)31-8-5-15-44-31/h3-10,15,17,19,22-23,29,36H,11-14,16,18,20-21H2,1-2H3,(H,37,41)/t22?,29-/m1/s1. The number of rotatable bonds is 8. The highest BCUT2D eigenvalue weighted by atomic mass is 35.5. The molecule has 2 aromatic carbocycles. The van der Waals surface area contributed by atoms with Crippen LogP contribution in [0.3, 0.4) is 0 Å². The molecule has 44 heavy (non-hydrogen) atoms. The molecule has 2 atom stereocenters. The lowest BCUT2D eigenvalue weighted by Crippen LogP contribution is -2.54. The molecule has 4 aromatic rings. The lowest BCUT2D eigenvalue weighted by atomic mass is 9.90. The van der Waals surface area contributed by atoms with E-state index in [1.165, 1.54) is 11.3 Å². The van der Waals surface area contributed by atoms with Crippen molar-refractivity contribution < 1.29 is 14.4 Å². The van der Waals surface area contributed by atoms with Gasteiger partial charge in [-0.2, -0.15) is 0 Å². The highest BCUT2D eigenvalue weighted by molar-refractivity contribution is 7.12. The summed E-state index contributed by atoms with van der Waals surface area (Å²) in [5, 5.41) is 6.76. The molecule has 6 rings (SSSR count). The van der Waals surface area contributed by atoms with Gasteiger partial charge in [-0.15, -0.1) is 11.3 Å². The lowest BCUT2D eigenvalue weighted by Gasteiger charge is -2.38. The zero-order valence-corrected chi connectivity index (χ0v) is 26.7. The summed E-state index contributed by atoms with van der Waals surface area (Å²) in [5.74, 6) is -0.280. The molecular weight excluding hydrogens is 594 g/mol. The van der Waals surface area contributed by atoms with Gasteiger partial charge >= 0.3 is 0 Å². The molecule has 2 N–H and O–H groups in total. The van der Waals surface area contributed by atoms with Crippen molar-refractivity contribution in [2.24, 2.45) is 11.8 Å². The Bertz CT molecular complexity index is 1640. The molecule has 0 bridgehead atoms. The average Bonchev–Trinajstić information content (AvgIpc) is 3.70. The Hall–Kier alpha value is -3.66.